The molecule has 148 valence electrons. The number of benzene rings is 1. The number of rotatable bonds is 11. The van der Waals surface area contributed by atoms with Gasteiger partial charge in [0.25, 0.3) is 0 Å². The molecule has 0 spiro atoms. The molecule has 0 heterocycles. The molecule has 27 heavy (non-hydrogen) atoms. The summed E-state index contributed by atoms with van der Waals surface area (Å²) in [6.45, 7) is 4.10. The molecule has 0 saturated carbocycles. The highest BCUT2D eigenvalue weighted by molar-refractivity contribution is 6.30. The van der Waals surface area contributed by atoms with Crippen LogP contribution in [-0.2, 0) is 14.4 Å². The van der Waals surface area contributed by atoms with Gasteiger partial charge in [0.15, 0.2) is 5.78 Å². The van der Waals surface area contributed by atoms with Crippen LogP contribution < -0.4 is 16.6 Å². The van der Waals surface area contributed by atoms with Gasteiger partial charge < -0.3 is 5.73 Å². The summed E-state index contributed by atoms with van der Waals surface area (Å²) in [5.41, 5.74) is 10.4. The molecule has 0 aliphatic carbocycles. The Kier molecular flexibility index (Phi) is 9.67. The van der Waals surface area contributed by atoms with Gasteiger partial charge in [0.05, 0.1) is 0 Å². The molecule has 1 atom stereocenters. The van der Waals surface area contributed by atoms with Crippen LogP contribution >= 0.6 is 11.6 Å². The van der Waals surface area contributed by atoms with Crippen LogP contribution in [0.25, 0.3) is 6.08 Å². The number of ketones is 1. The highest BCUT2D eigenvalue weighted by Gasteiger charge is 2.22. The Morgan fingerprint density at radius 1 is 1.30 bits per heavy atom. The number of amides is 2. The molecule has 0 aliphatic heterocycles. The largest absolute Gasteiger partial charge is 0.370 e. The predicted octanol–water partition coefficient (Wildman–Crippen LogP) is 2.61. The van der Waals surface area contributed by atoms with Gasteiger partial charge in [-0.15, -0.1) is 0 Å². The van der Waals surface area contributed by atoms with Gasteiger partial charge in [-0.3, -0.25) is 19.8 Å². The van der Waals surface area contributed by atoms with E-state index >= 15 is 0 Å². The van der Waals surface area contributed by atoms with E-state index in [0.717, 1.165) is 0 Å². The fourth-order valence-corrected chi connectivity index (χ4v) is 2.58. The fraction of sp³-hybridized carbons (Fsp3) is 0.421. The van der Waals surface area contributed by atoms with Gasteiger partial charge in [-0.2, -0.15) is 0 Å². The van der Waals surface area contributed by atoms with Gasteiger partial charge in [-0.25, -0.2) is 9.82 Å². The predicted molar refractivity (Wildman–Crippen MR) is 103 cm³/mol. The van der Waals surface area contributed by atoms with E-state index < -0.39 is 17.6 Å². The first-order chi connectivity index (χ1) is 12.7. The van der Waals surface area contributed by atoms with Gasteiger partial charge in [0.1, 0.15) is 5.82 Å². The SMILES string of the molecule is CC(C)C[C@H](CC(=O)/C=C/c1ccc(Cl)cc1F)C(=O)NNCCC(N)=O. The maximum absolute atomic E-state index is 13.7. The normalized spacial score (nSPS) is 12.3. The van der Waals surface area contributed by atoms with Crippen molar-refractivity contribution in [3.05, 3.63) is 40.7 Å². The third kappa shape index (κ3) is 9.30. The summed E-state index contributed by atoms with van der Waals surface area (Å²) >= 11 is 5.69. The third-order valence-corrected chi connectivity index (χ3v) is 3.93. The highest BCUT2D eigenvalue weighted by atomic mass is 35.5. The van der Waals surface area contributed by atoms with Crippen molar-refractivity contribution in [3.8, 4) is 0 Å². The summed E-state index contributed by atoms with van der Waals surface area (Å²) in [5, 5.41) is 0.272. The Morgan fingerprint density at radius 2 is 2.00 bits per heavy atom. The number of carbonyl (C=O) groups is 3. The lowest BCUT2D eigenvalue weighted by molar-refractivity contribution is -0.129. The van der Waals surface area contributed by atoms with Crippen LogP contribution in [-0.4, -0.2) is 24.1 Å². The van der Waals surface area contributed by atoms with Gasteiger partial charge >= 0.3 is 0 Å². The molecule has 8 heteroatoms. The number of hydrogen-bond donors (Lipinski definition) is 3. The van der Waals surface area contributed by atoms with Crippen LogP contribution in [0, 0.1) is 17.7 Å². The molecule has 0 bridgehead atoms. The number of primary amides is 1. The molecule has 0 saturated heterocycles. The number of carbonyl (C=O) groups excluding carboxylic acids is 3. The van der Waals surface area contributed by atoms with Crippen LogP contribution in [0.4, 0.5) is 4.39 Å². The number of hydrogen-bond acceptors (Lipinski definition) is 4. The average molecular weight is 398 g/mol. The number of halogens is 2. The Labute approximate surface area is 163 Å². The molecule has 6 nitrogen and oxygen atoms in total. The molecule has 0 radical (unpaired) electrons. The first-order valence-corrected chi connectivity index (χ1v) is 9.03. The van der Waals surface area contributed by atoms with Crippen molar-refractivity contribution in [1.29, 1.82) is 0 Å². The molecule has 1 aromatic rings. The van der Waals surface area contributed by atoms with E-state index in [1.165, 1.54) is 30.4 Å². The smallest absolute Gasteiger partial charge is 0.237 e. The molecule has 2 amide bonds. The van der Waals surface area contributed by atoms with Gasteiger partial charge in [-0.05, 0) is 36.6 Å². The lowest BCUT2D eigenvalue weighted by atomic mass is 9.91. The van der Waals surface area contributed by atoms with E-state index in [-0.39, 0.29) is 47.6 Å². The quantitative estimate of drug-likeness (QED) is 0.303. The monoisotopic (exact) mass is 397 g/mol. The van der Waals surface area contributed by atoms with Crippen molar-refractivity contribution in [3.63, 3.8) is 0 Å². The van der Waals surface area contributed by atoms with Crippen LogP contribution in [0.3, 0.4) is 0 Å². The van der Waals surface area contributed by atoms with Gasteiger partial charge in [0.2, 0.25) is 11.8 Å². The zero-order valence-electron chi connectivity index (χ0n) is 15.4. The maximum Gasteiger partial charge on any atom is 0.237 e. The molecule has 0 fully saturated rings. The summed E-state index contributed by atoms with van der Waals surface area (Å²) in [6, 6.07) is 4.17. The van der Waals surface area contributed by atoms with Crippen LogP contribution in [0.2, 0.25) is 5.02 Å². The Balaban J connectivity index is 2.66. The Morgan fingerprint density at radius 3 is 2.59 bits per heavy atom. The molecular formula is C19H25ClFN3O3. The second-order valence-electron chi connectivity index (χ2n) is 6.63. The topological polar surface area (TPSA) is 101 Å². The number of nitrogens with two attached hydrogens (primary N) is 1. The molecule has 1 aromatic carbocycles. The fourth-order valence-electron chi connectivity index (χ4n) is 2.42. The Hall–Kier alpha value is -2.25. The second kappa shape index (κ2) is 11.5. The van der Waals surface area contributed by atoms with Crippen LogP contribution in [0.1, 0.15) is 38.7 Å². The molecule has 1 rings (SSSR count). The van der Waals surface area contributed by atoms with Crippen LogP contribution in [0.15, 0.2) is 24.3 Å². The minimum atomic E-state index is -0.543. The summed E-state index contributed by atoms with van der Waals surface area (Å²) in [7, 11) is 0. The lowest BCUT2D eigenvalue weighted by Gasteiger charge is -2.17. The van der Waals surface area contributed by atoms with E-state index in [9.17, 15) is 18.8 Å². The molecule has 0 aromatic heterocycles. The van der Waals surface area contributed by atoms with E-state index in [1.54, 1.807) is 0 Å². The van der Waals surface area contributed by atoms with E-state index in [1.807, 2.05) is 13.8 Å². The molecular weight excluding hydrogens is 373 g/mol. The minimum Gasteiger partial charge on any atom is -0.370 e. The summed E-state index contributed by atoms with van der Waals surface area (Å²) in [6.07, 6.45) is 3.21. The first kappa shape index (κ1) is 22.8. The van der Waals surface area contributed by atoms with Crippen molar-refractivity contribution in [2.24, 2.45) is 17.6 Å². The van der Waals surface area contributed by atoms with Crippen molar-refractivity contribution < 1.29 is 18.8 Å². The second-order valence-corrected chi connectivity index (χ2v) is 7.06. The van der Waals surface area contributed by atoms with Crippen molar-refractivity contribution in [2.45, 2.75) is 33.1 Å². The number of nitrogens with one attached hydrogen (secondary N) is 2. The summed E-state index contributed by atoms with van der Waals surface area (Å²) in [5.74, 6) is -1.98. The molecule has 4 N–H and O–H groups in total. The van der Waals surface area contributed by atoms with E-state index in [0.29, 0.717) is 6.42 Å². The van der Waals surface area contributed by atoms with Crippen molar-refractivity contribution in [2.75, 3.05) is 6.54 Å². The van der Waals surface area contributed by atoms with Gasteiger partial charge in [-0.1, -0.05) is 31.5 Å². The Bertz CT molecular complexity index is 707. The van der Waals surface area contributed by atoms with Crippen molar-refractivity contribution in [1.82, 2.24) is 10.9 Å². The highest BCUT2D eigenvalue weighted by Crippen LogP contribution is 2.18. The van der Waals surface area contributed by atoms with E-state index in [4.69, 9.17) is 17.3 Å². The van der Waals surface area contributed by atoms with Gasteiger partial charge in [0, 0.05) is 35.9 Å². The number of allylic oxidation sites excluding steroid dienone is 1. The zero-order valence-corrected chi connectivity index (χ0v) is 16.2. The average Bonchev–Trinajstić information content (AvgIpc) is 2.56. The standard InChI is InChI=1S/C19H25ClFN3O3/c1-12(2)9-14(19(27)24-23-8-7-18(22)26)10-16(25)6-4-13-3-5-15(20)11-17(13)21/h3-6,11-12,14,23H,7-10H2,1-2H3,(H2,22,26)(H,24,27)/b6-4+/t14-/m1/s1. The first-order valence-electron chi connectivity index (χ1n) is 8.66. The number of hydrazine groups is 1. The molecule has 0 aliphatic rings. The van der Waals surface area contributed by atoms with Crippen molar-refractivity contribution >= 4 is 35.3 Å². The van der Waals surface area contributed by atoms with Crippen LogP contribution in [0.5, 0.6) is 0 Å². The minimum absolute atomic E-state index is 0.00672. The maximum atomic E-state index is 13.7. The lowest BCUT2D eigenvalue weighted by Crippen LogP contribution is -2.43. The summed E-state index contributed by atoms with van der Waals surface area (Å²) < 4.78 is 13.7. The molecule has 0 unspecified atom stereocenters. The third-order valence-electron chi connectivity index (χ3n) is 3.69. The van der Waals surface area contributed by atoms with E-state index in [2.05, 4.69) is 10.9 Å². The summed E-state index contributed by atoms with van der Waals surface area (Å²) in [4.78, 5) is 35.2. The zero-order chi connectivity index (χ0) is 20.4.